The maximum absolute atomic E-state index is 11.5. The Bertz CT molecular complexity index is 170. The van der Waals surface area contributed by atoms with Gasteiger partial charge in [0.25, 0.3) is 0 Å². The number of carbonyl (C=O) groups excluding carboxylic acids is 1. The van der Waals surface area contributed by atoms with Gasteiger partial charge in [-0.05, 0) is 12.8 Å². The summed E-state index contributed by atoms with van der Waals surface area (Å²) in [6, 6.07) is 0.479. The van der Waals surface area contributed by atoms with E-state index in [0.29, 0.717) is 19.0 Å². The molecule has 4 heteroatoms. The highest BCUT2D eigenvalue weighted by Gasteiger charge is 2.20. The van der Waals surface area contributed by atoms with E-state index in [0.717, 1.165) is 0 Å². The van der Waals surface area contributed by atoms with Crippen molar-refractivity contribution in [1.29, 1.82) is 0 Å². The fourth-order valence-corrected chi connectivity index (χ4v) is 1.97. The topological polar surface area (TPSA) is 46.3 Å². The summed E-state index contributed by atoms with van der Waals surface area (Å²) < 4.78 is 0. The zero-order chi connectivity index (χ0) is 9.68. The van der Waals surface area contributed by atoms with E-state index in [9.17, 15) is 4.79 Å². The summed E-state index contributed by atoms with van der Waals surface area (Å²) in [4.78, 5) is 13.4. The second-order valence-electron chi connectivity index (χ2n) is 3.84. The van der Waals surface area contributed by atoms with E-state index in [1.807, 2.05) is 11.9 Å². The SMILES string of the molecule is CN(C(=O)CCN)C1CCCCC1.Cl. The summed E-state index contributed by atoms with van der Waals surface area (Å²) in [6.45, 7) is 0.468. The van der Waals surface area contributed by atoms with Gasteiger partial charge in [-0.25, -0.2) is 0 Å². The summed E-state index contributed by atoms with van der Waals surface area (Å²) in [7, 11) is 1.91. The third-order valence-corrected chi connectivity index (χ3v) is 2.87. The van der Waals surface area contributed by atoms with Crippen LogP contribution in [0.4, 0.5) is 0 Å². The molecule has 1 saturated carbocycles. The maximum Gasteiger partial charge on any atom is 0.223 e. The smallest absolute Gasteiger partial charge is 0.223 e. The standard InChI is InChI=1S/C10H20N2O.ClH/c1-12(10(13)7-8-11)9-5-3-2-4-6-9;/h9H,2-8,11H2,1H3;1H. The van der Waals surface area contributed by atoms with Gasteiger partial charge in [-0.2, -0.15) is 0 Å². The Kier molecular flexibility index (Phi) is 6.93. The Labute approximate surface area is 92.4 Å². The Morgan fingerprint density at radius 2 is 1.93 bits per heavy atom. The molecule has 0 aromatic heterocycles. The monoisotopic (exact) mass is 220 g/mol. The van der Waals surface area contributed by atoms with E-state index in [1.165, 1.54) is 32.1 Å². The molecule has 0 aromatic carbocycles. The third-order valence-electron chi connectivity index (χ3n) is 2.87. The number of carbonyl (C=O) groups is 1. The lowest BCUT2D eigenvalue weighted by Gasteiger charge is -2.31. The van der Waals surface area contributed by atoms with Crippen molar-refractivity contribution < 1.29 is 4.79 Å². The first-order chi connectivity index (χ1) is 6.25. The van der Waals surface area contributed by atoms with Crippen molar-refractivity contribution >= 4 is 18.3 Å². The molecule has 0 saturated heterocycles. The van der Waals surface area contributed by atoms with Crippen molar-refractivity contribution in [1.82, 2.24) is 4.90 Å². The lowest BCUT2D eigenvalue weighted by atomic mass is 9.94. The molecule has 2 N–H and O–H groups in total. The second-order valence-corrected chi connectivity index (χ2v) is 3.84. The number of halogens is 1. The van der Waals surface area contributed by atoms with Gasteiger partial charge in [0.1, 0.15) is 0 Å². The predicted octanol–water partition coefficient (Wildman–Crippen LogP) is 1.55. The average Bonchev–Trinajstić information content (AvgIpc) is 2.18. The van der Waals surface area contributed by atoms with Crippen molar-refractivity contribution in [3.63, 3.8) is 0 Å². The van der Waals surface area contributed by atoms with Gasteiger partial charge in [0, 0.05) is 26.1 Å². The van der Waals surface area contributed by atoms with E-state index in [4.69, 9.17) is 5.73 Å². The van der Waals surface area contributed by atoms with Crippen LogP contribution in [-0.4, -0.2) is 30.4 Å². The van der Waals surface area contributed by atoms with Crippen LogP contribution in [0.15, 0.2) is 0 Å². The van der Waals surface area contributed by atoms with Gasteiger partial charge >= 0.3 is 0 Å². The van der Waals surface area contributed by atoms with Crippen molar-refractivity contribution in [3.8, 4) is 0 Å². The van der Waals surface area contributed by atoms with Crippen LogP contribution in [-0.2, 0) is 4.79 Å². The minimum absolute atomic E-state index is 0. The lowest BCUT2D eigenvalue weighted by molar-refractivity contribution is -0.132. The Hall–Kier alpha value is -0.280. The van der Waals surface area contributed by atoms with Crippen LogP contribution in [0.3, 0.4) is 0 Å². The van der Waals surface area contributed by atoms with E-state index in [1.54, 1.807) is 0 Å². The number of hydrogen-bond acceptors (Lipinski definition) is 2. The molecule has 1 fully saturated rings. The Morgan fingerprint density at radius 1 is 1.36 bits per heavy atom. The quantitative estimate of drug-likeness (QED) is 0.785. The zero-order valence-corrected chi connectivity index (χ0v) is 9.68. The van der Waals surface area contributed by atoms with Crippen LogP contribution in [0, 0.1) is 0 Å². The van der Waals surface area contributed by atoms with E-state index in [2.05, 4.69) is 0 Å². The molecule has 1 aliphatic carbocycles. The van der Waals surface area contributed by atoms with Crippen molar-refractivity contribution in [2.75, 3.05) is 13.6 Å². The second kappa shape index (κ2) is 7.07. The van der Waals surface area contributed by atoms with Crippen LogP contribution < -0.4 is 5.73 Å². The van der Waals surface area contributed by atoms with Gasteiger partial charge < -0.3 is 10.6 Å². The Balaban J connectivity index is 0.00000169. The first kappa shape index (κ1) is 13.7. The number of amides is 1. The van der Waals surface area contributed by atoms with Gasteiger partial charge in [-0.15, -0.1) is 12.4 Å². The van der Waals surface area contributed by atoms with Gasteiger partial charge in [0.15, 0.2) is 0 Å². The summed E-state index contributed by atoms with van der Waals surface area (Å²) in [5.74, 6) is 0.203. The first-order valence-corrected chi connectivity index (χ1v) is 5.21. The molecule has 84 valence electrons. The van der Waals surface area contributed by atoms with E-state index < -0.39 is 0 Å². The average molecular weight is 221 g/mol. The molecule has 3 nitrogen and oxygen atoms in total. The van der Waals surface area contributed by atoms with Crippen LogP contribution in [0.1, 0.15) is 38.5 Å². The van der Waals surface area contributed by atoms with Crippen molar-refractivity contribution in [3.05, 3.63) is 0 Å². The molecule has 14 heavy (non-hydrogen) atoms. The molecule has 0 spiro atoms. The minimum atomic E-state index is 0. The fraction of sp³-hybridized carbons (Fsp3) is 0.900. The van der Waals surface area contributed by atoms with E-state index in [-0.39, 0.29) is 18.3 Å². The summed E-state index contributed by atoms with van der Waals surface area (Å²) in [5, 5.41) is 0. The number of nitrogens with zero attached hydrogens (tertiary/aromatic N) is 1. The number of nitrogens with two attached hydrogens (primary N) is 1. The molecule has 0 heterocycles. The van der Waals surface area contributed by atoms with E-state index >= 15 is 0 Å². The first-order valence-electron chi connectivity index (χ1n) is 5.21. The lowest BCUT2D eigenvalue weighted by Crippen LogP contribution is -2.38. The predicted molar refractivity (Wildman–Crippen MR) is 60.6 cm³/mol. The molecule has 0 aromatic rings. The Morgan fingerprint density at radius 3 is 2.43 bits per heavy atom. The molecule has 0 bridgehead atoms. The molecule has 0 aliphatic heterocycles. The van der Waals surface area contributed by atoms with Crippen LogP contribution in [0.25, 0.3) is 0 Å². The normalized spacial score (nSPS) is 17.3. The number of hydrogen-bond donors (Lipinski definition) is 1. The third kappa shape index (κ3) is 3.84. The maximum atomic E-state index is 11.5. The van der Waals surface area contributed by atoms with Crippen molar-refractivity contribution in [2.24, 2.45) is 5.73 Å². The van der Waals surface area contributed by atoms with Crippen LogP contribution >= 0.6 is 12.4 Å². The molecule has 0 unspecified atom stereocenters. The minimum Gasteiger partial charge on any atom is -0.343 e. The molecule has 1 rings (SSSR count). The number of rotatable bonds is 3. The highest BCUT2D eigenvalue weighted by atomic mass is 35.5. The summed E-state index contributed by atoms with van der Waals surface area (Å²) in [5.41, 5.74) is 5.35. The van der Waals surface area contributed by atoms with Crippen molar-refractivity contribution in [2.45, 2.75) is 44.6 Å². The summed E-state index contributed by atoms with van der Waals surface area (Å²) >= 11 is 0. The highest BCUT2D eigenvalue weighted by Crippen LogP contribution is 2.21. The molecule has 1 aliphatic rings. The molecular formula is C10H21ClN2O. The molecule has 0 atom stereocenters. The van der Waals surface area contributed by atoms with Gasteiger partial charge in [0.2, 0.25) is 5.91 Å². The van der Waals surface area contributed by atoms with Gasteiger partial charge in [0.05, 0.1) is 0 Å². The largest absolute Gasteiger partial charge is 0.343 e. The van der Waals surface area contributed by atoms with Gasteiger partial charge in [-0.3, -0.25) is 4.79 Å². The molecular weight excluding hydrogens is 200 g/mol. The highest BCUT2D eigenvalue weighted by molar-refractivity contribution is 5.85. The van der Waals surface area contributed by atoms with Gasteiger partial charge in [-0.1, -0.05) is 19.3 Å². The molecule has 1 amide bonds. The van der Waals surface area contributed by atoms with Crippen LogP contribution in [0.2, 0.25) is 0 Å². The van der Waals surface area contributed by atoms with Crippen LogP contribution in [0.5, 0.6) is 0 Å². The summed E-state index contributed by atoms with van der Waals surface area (Å²) in [6.07, 6.45) is 6.71. The zero-order valence-electron chi connectivity index (χ0n) is 8.87. The molecule has 0 radical (unpaired) electrons. The fourth-order valence-electron chi connectivity index (χ4n) is 1.97.